The molecule has 1 aromatic heterocycles. The Bertz CT molecular complexity index is 715. The number of nitrogens with zero attached hydrogens (tertiary/aromatic N) is 4. The van der Waals surface area contributed by atoms with Crippen LogP contribution in [0.3, 0.4) is 0 Å². The van der Waals surface area contributed by atoms with Gasteiger partial charge in [-0.15, -0.1) is 0 Å². The van der Waals surface area contributed by atoms with E-state index in [1.807, 2.05) is 0 Å². The first-order chi connectivity index (χ1) is 10.1. The zero-order valence-corrected chi connectivity index (χ0v) is 12.4. The first kappa shape index (κ1) is 14.0. The summed E-state index contributed by atoms with van der Waals surface area (Å²) in [5, 5.41) is 8.16. The second-order valence-corrected chi connectivity index (χ2v) is 6.71. The first-order valence-corrected chi connectivity index (χ1v) is 8.06. The van der Waals surface area contributed by atoms with Gasteiger partial charge in [0.25, 0.3) is 0 Å². The van der Waals surface area contributed by atoms with Crippen LogP contribution in [-0.2, 0) is 10.0 Å². The minimum absolute atomic E-state index is 0.0236. The average Bonchev–Trinajstić information content (AvgIpc) is 3.17. The number of methoxy groups -OCH3 is 1. The van der Waals surface area contributed by atoms with Crippen LogP contribution in [0.1, 0.15) is 12.5 Å². The van der Waals surface area contributed by atoms with Crippen molar-refractivity contribution in [3.8, 4) is 5.75 Å². The van der Waals surface area contributed by atoms with Crippen LogP contribution < -0.4 is 4.74 Å². The van der Waals surface area contributed by atoms with Gasteiger partial charge in [0.05, 0.1) is 25.5 Å². The predicted molar refractivity (Wildman–Crippen MR) is 75.4 cm³/mol. The lowest BCUT2D eigenvalue weighted by Crippen LogP contribution is -2.29. The third-order valence-corrected chi connectivity index (χ3v) is 5.48. The predicted octanol–water partition coefficient (Wildman–Crippen LogP) is 0.922. The zero-order valence-electron chi connectivity index (χ0n) is 11.6. The molecule has 1 saturated heterocycles. The Balaban J connectivity index is 1.86. The molecule has 1 unspecified atom stereocenters. The fraction of sp³-hybridized carbons (Fsp3) is 0.385. The molecule has 1 aliphatic rings. The Morgan fingerprint density at radius 2 is 1.95 bits per heavy atom. The second-order valence-electron chi connectivity index (χ2n) is 4.81. The van der Waals surface area contributed by atoms with Crippen LogP contribution in [0.2, 0.25) is 0 Å². The summed E-state index contributed by atoms with van der Waals surface area (Å²) in [6.07, 6.45) is 3.89. The zero-order chi connectivity index (χ0) is 14.9. The van der Waals surface area contributed by atoms with Gasteiger partial charge >= 0.3 is 0 Å². The number of ether oxygens (including phenoxy) is 1. The third-order valence-electron chi connectivity index (χ3n) is 3.58. The maximum atomic E-state index is 12.7. The molecule has 0 spiro atoms. The molecule has 0 amide bonds. The van der Waals surface area contributed by atoms with Crippen LogP contribution >= 0.6 is 0 Å². The molecule has 7 nitrogen and oxygen atoms in total. The fourth-order valence-electron chi connectivity index (χ4n) is 2.50. The van der Waals surface area contributed by atoms with E-state index in [9.17, 15) is 8.42 Å². The number of aromatic nitrogens is 3. The molecule has 2 aromatic rings. The largest absolute Gasteiger partial charge is 0.495 e. The number of sulfonamides is 1. The number of para-hydroxylation sites is 1. The number of rotatable bonds is 4. The van der Waals surface area contributed by atoms with Gasteiger partial charge in [0.1, 0.15) is 10.6 Å². The van der Waals surface area contributed by atoms with E-state index in [0.29, 0.717) is 25.3 Å². The van der Waals surface area contributed by atoms with Crippen molar-refractivity contribution < 1.29 is 13.2 Å². The van der Waals surface area contributed by atoms with Crippen LogP contribution in [0.15, 0.2) is 41.6 Å². The SMILES string of the molecule is COc1ccccc1S(=O)(=O)N1CCC(n2nccn2)C1. The number of benzene rings is 1. The molecule has 112 valence electrons. The van der Waals surface area contributed by atoms with E-state index in [-0.39, 0.29) is 10.9 Å². The van der Waals surface area contributed by atoms with Crippen molar-refractivity contribution in [2.45, 2.75) is 17.4 Å². The Morgan fingerprint density at radius 1 is 1.24 bits per heavy atom. The van der Waals surface area contributed by atoms with Gasteiger partial charge in [-0.2, -0.15) is 19.3 Å². The Kier molecular flexibility index (Phi) is 3.64. The van der Waals surface area contributed by atoms with Gasteiger partial charge in [-0.3, -0.25) is 0 Å². The quantitative estimate of drug-likeness (QED) is 0.839. The third kappa shape index (κ3) is 2.52. The van der Waals surface area contributed by atoms with Gasteiger partial charge in [-0.05, 0) is 18.6 Å². The van der Waals surface area contributed by atoms with Crippen molar-refractivity contribution in [1.29, 1.82) is 0 Å². The normalized spacial score (nSPS) is 19.8. The van der Waals surface area contributed by atoms with E-state index in [0.717, 1.165) is 0 Å². The van der Waals surface area contributed by atoms with Crippen LogP contribution in [0.4, 0.5) is 0 Å². The molecule has 0 saturated carbocycles. The first-order valence-electron chi connectivity index (χ1n) is 6.62. The highest BCUT2D eigenvalue weighted by Gasteiger charge is 2.35. The fourth-order valence-corrected chi connectivity index (χ4v) is 4.15. The molecule has 1 aliphatic heterocycles. The molecule has 1 aromatic carbocycles. The van der Waals surface area contributed by atoms with Gasteiger partial charge in [0.15, 0.2) is 0 Å². The molecule has 0 bridgehead atoms. The summed E-state index contributed by atoms with van der Waals surface area (Å²) < 4.78 is 32.1. The lowest BCUT2D eigenvalue weighted by atomic mass is 10.3. The van der Waals surface area contributed by atoms with Crippen LogP contribution in [0.5, 0.6) is 5.75 Å². The molecule has 0 radical (unpaired) electrons. The van der Waals surface area contributed by atoms with Crippen molar-refractivity contribution in [2.24, 2.45) is 0 Å². The topological polar surface area (TPSA) is 77.3 Å². The summed E-state index contributed by atoms with van der Waals surface area (Å²) >= 11 is 0. The standard InChI is InChI=1S/C13H16N4O3S/c1-20-12-4-2-3-5-13(12)21(18,19)16-9-6-11(10-16)17-14-7-8-15-17/h2-5,7-8,11H,6,9-10H2,1H3. The van der Waals surface area contributed by atoms with E-state index in [1.54, 1.807) is 41.5 Å². The molecule has 0 aliphatic carbocycles. The smallest absolute Gasteiger partial charge is 0.246 e. The second kappa shape index (κ2) is 5.45. The summed E-state index contributed by atoms with van der Waals surface area (Å²) in [5.74, 6) is 0.359. The highest BCUT2D eigenvalue weighted by atomic mass is 32.2. The number of hydrogen-bond donors (Lipinski definition) is 0. The van der Waals surface area contributed by atoms with E-state index in [2.05, 4.69) is 10.2 Å². The van der Waals surface area contributed by atoms with Crippen molar-refractivity contribution in [3.63, 3.8) is 0 Å². The maximum absolute atomic E-state index is 12.7. The van der Waals surface area contributed by atoms with Gasteiger partial charge in [-0.1, -0.05) is 12.1 Å². The minimum atomic E-state index is -3.57. The molecule has 0 N–H and O–H groups in total. The van der Waals surface area contributed by atoms with Crippen molar-refractivity contribution >= 4 is 10.0 Å². The van der Waals surface area contributed by atoms with Gasteiger partial charge in [0, 0.05) is 13.1 Å². The molecule has 3 rings (SSSR count). The van der Waals surface area contributed by atoms with Gasteiger partial charge < -0.3 is 4.74 Å². The Labute approximate surface area is 123 Å². The van der Waals surface area contributed by atoms with Crippen LogP contribution in [-0.4, -0.2) is 47.9 Å². The van der Waals surface area contributed by atoms with Crippen molar-refractivity contribution in [3.05, 3.63) is 36.7 Å². The summed E-state index contributed by atoms with van der Waals surface area (Å²) in [4.78, 5) is 1.76. The summed E-state index contributed by atoms with van der Waals surface area (Å²) in [6.45, 7) is 0.821. The van der Waals surface area contributed by atoms with Crippen molar-refractivity contribution in [2.75, 3.05) is 20.2 Å². The van der Waals surface area contributed by atoms with E-state index in [4.69, 9.17) is 4.74 Å². The van der Waals surface area contributed by atoms with E-state index in [1.165, 1.54) is 11.4 Å². The molecule has 1 atom stereocenters. The van der Waals surface area contributed by atoms with E-state index >= 15 is 0 Å². The maximum Gasteiger partial charge on any atom is 0.246 e. The lowest BCUT2D eigenvalue weighted by Gasteiger charge is -2.18. The Hall–Kier alpha value is -1.93. The lowest BCUT2D eigenvalue weighted by molar-refractivity contribution is 0.390. The number of hydrogen-bond acceptors (Lipinski definition) is 5. The highest BCUT2D eigenvalue weighted by molar-refractivity contribution is 7.89. The highest BCUT2D eigenvalue weighted by Crippen LogP contribution is 2.30. The van der Waals surface area contributed by atoms with E-state index < -0.39 is 10.0 Å². The minimum Gasteiger partial charge on any atom is -0.495 e. The van der Waals surface area contributed by atoms with Crippen LogP contribution in [0, 0.1) is 0 Å². The average molecular weight is 308 g/mol. The molecule has 1 fully saturated rings. The van der Waals surface area contributed by atoms with Gasteiger partial charge in [0.2, 0.25) is 10.0 Å². The van der Waals surface area contributed by atoms with Gasteiger partial charge in [-0.25, -0.2) is 8.42 Å². The monoisotopic (exact) mass is 308 g/mol. The van der Waals surface area contributed by atoms with Crippen molar-refractivity contribution in [1.82, 2.24) is 19.3 Å². The molecule has 8 heteroatoms. The van der Waals surface area contributed by atoms with Crippen LogP contribution in [0.25, 0.3) is 0 Å². The molecular formula is C13H16N4O3S. The molecular weight excluding hydrogens is 292 g/mol. The summed E-state index contributed by atoms with van der Waals surface area (Å²) in [7, 11) is -2.10. The summed E-state index contributed by atoms with van der Waals surface area (Å²) in [5.41, 5.74) is 0. The Morgan fingerprint density at radius 3 is 2.67 bits per heavy atom. The summed E-state index contributed by atoms with van der Waals surface area (Å²) in [6, 6.07) is 6.63. The molecule has 21 heavy (non-hydrogen) atoms. The molecule has 2 heterocycles.